The van der Waals surface area contributed by atoms with E-state index in [0.29, 0.717) is 5.56 Å². The fourth-order valence-corrected chi connectivity index (χ4v) is 3.48. The second kappa shape index (κ2) is 8.04. The number of halogens is 2. The number of hydrogen-bond donors (Lipinski definition) is 1. The molecule has 6 nitrogen and oxygen atoms in total. The molecule has 0 spiro atoms. The van der Waals surface area contributed by atoms with Crippen LogP contribution in [-0.2, 0) is 21.4 Å². The predicted octanol–water partition coefficient (Wildman–Crippen LogP) is 2.56. The van der Waals surface area contributed by atoms with Crippen LogP contribution >= 0.6 is 0 Å². The highest BCUT2D eigenvalue weighted by atomic mass is 32.2. The number of ether oxygens (including phenoxy) is 1. The SMILES string of the molecule is O=C(O)CN(Cc1ccccc1)S(=O)(=O)c1ccc(OC(F)F)cc1. The summed E-state index contributed by atoms with van der Waals surface area (Å²) in [4.78, 5) is 10.8. The molecule has 0 saturated heterocycles. The van der Waals surface area contributed by atoms with Gasteiger partial charge in [-0.1, -0.05) is 30.3 Å². The zero-order chi connectivity index (χ0) is 18.4. The summed E-state index contributed by atoms with van der Waals surface area (Å²) < 4.78 is 54.6. The van der Waals surface area contributed by atoms with Gasteiger partial charge >= 0.3 is 12.6 Å². The lowest BCUT2D eigenvalue weighted by molar-refractivity contribution is -0.137. The maximum absolute atomic E-state index is 12.7. The summed E-state index contributed by atoms with van der Waals surface area (Å²) in [7, 11) is -4.13. The molecule has 2 aromatic rings. The summed E-state index contributed by atoms with van der Waals surface area (Å²) >= 11 is 0. The predicted molar refractivity (Wildman–Crippen MR) is 84.7 cm³/mol. The van der Waals surface area contributed by atoms with E-state index >= 15 is 0 Å². The van der Waals surface area contributed by atoms with Crippen molar-refractivity contribution < 1.29 is 31.8 Å². The van der Waals surface area contributed by atoms with Crippen molar-refractivity contribution in [3.05, 3.63) is 60.2 Å². The molecule has 2 rings (SSSR count). The Balaban J connectivity index is 2.29. The Kier molecular flexibility index (Phi) is 6.05. The summed E-state index contributed by atoms with van der Waals surface area (Å²) in [6.07, 6.45) is 0. The van der Waals surface area contributed by atoms with Crippen LogP contribution in [0.5, 0.6) is 5.75 Å². The van der Waals surface area contributed by atoms with Gasteiger partial charge in [0.2, 0.25) is 10.0 Å². The van der Waals surface area contributed by atoms with Crippen LogP contribution in [0.1, 0.15) is 5.56 Å². The van der Waals surface area contributed by atoms with Crippen molar-refractivity contribution in [2.24, 2.45) is 0 Å². The number of rotatable bonds is 8. The van der Waals surface area contributed by atoms with E-state index in [2.05, 4.69) is 4.74 Å². The van der Waals surface area contributed by atoms with Crippen molar-refractivity contribution in [3.63, 3.8) is 0 Å². The van der Waals surface area contributed by atoms with Crippen molar-refractivity contribution in [1.29, 1.82) is 0 Å². The Morgan fingerprint density at radius 3 is 2.20 bits per heavy atom. The first-order chi connectivity index (χ1) is 11.8. The summed E-state index contributed by atoms with van der Waals surface area (Å²) in [5.74, 6) is -1.50. The van der Waals surface area contributed by atoms with E-state index in [-0.39, 0.29) is 17.2 Å². The normalized spacial score (nSPS) is 11.7. The zero-order valence-corrected chi connectivity index (χ0v) is 13.7. The maximum atomic E-state index is 12.7. The van der Waals surface area contributed by atoms with E-state index in [4.69, 9.17) is 5.11 Å². The molecular weight excluding hydrogens is 356 g/mol. The van der Waals surface area contributed by atoms with Crippen molar-refractivity contribution in [1.82, 2.24) is 4.31 Å². The van der Waals surface area contributed by atoms with Gasteiger partial charge < -0.3 is 9.84 Å². The smallest absolute Gasteiger partial charge is 0.387 e. The second-order valence-corrected chi connectivity index (χ2v) is 6.94. The average Bonchev–Trinajstić information content (AvgIpc) is 2.55. The first-order valence-electron chi connectivity index (χ1n) is 7.10. The third kappa shape index (κ3) is 5.23. The number of carbonyl (C=O) groups is 1. The zero-order valence-electron chi connectivity index (χ0n) is 12.9. The first-order valence-corrected chi connectivity index (χ1v) is 8.54. The molecule has 9 heteroatoms. The van der Waals surface area contributed by atoms with E-state index in [1.807, 2.05) is 0 Å². The first kappa shape index (κ1) is 18.8. The molecule has 134 valence electrons. The largest absolute Gasteiger partial charge is 0.480 e. The topological polar surface area (TPSA) is 83.9 Å². The molecule has 0 saturated carbocycles. The molecule has 0 aliphatic rings. The molecule has 0 bridgehead atoms. The molecule has 1 N–H and O–H groups in total. The Morgan fingerprint density at radius 1 is 1.08 bits per heavy atom. The molecule has 0 heterocycles. The van der Waals surface area contributed by atoms with Crippen molar-refractivity contribution in [2.45, 2.75) is 18.1 Å². The molecular formula is C16H15F2NO5S. The highest BCUT2D eigenvalue weighted by Crippen LogP contribution is 2.22. The summed E-state index contributed by atoms with van der Waals surface area (Å²) in [5, 5.41) is 9.01. The minimum atomic E-state index is -4.13. The third-order valence-corrected chi connectivity index (χ3v) is 5.01. The minimum Gasteiger partial charge on any atom is -0.480 e. The molecule has 2 aromatic carbocycles. The highest BCUT2D eigenvalue weighted by Gasteiger charge is 2.27. The molecule has 0 radical (unpaired) electrons. The van der Waals surface area contributed by atoms with E-state index in [1.165, 1.54) is 0 Å². The number of aliphatic carboxylic acids is 1. The minimum absolute atomic E-state index is 0.134. The van der Waals surface area contributed by atoms with Gasteiger partial charge in [-0.05, 0) is 29.8 Å². The van der Waals surface area contributed by atoms with Gasteiger partial charge in [0.05, 0.1) is 4.90 Å². The van der Waals surface area contributed by atoms with E-state index in [0.717, 1.165) is 28.6 Å². The van der Waals surface area contributed by atoms with Gasteiger partial charge in [0, 0.05) is 6.54 Å². The van der Waals surface area contributed by atoms with Gasteiger partial charge in [0.1, 0.15) is 12.3 Å². The fourth-order valence-electron chi connectivity index (χ4n) is 2.11. The van der Waals surface area contributed by atoms with Gasteiger partial charge in [-0.15, -0.1) is 0 Å². The highest BCUT2D eigenvalue weighted by molar-refractivity contribution is 7.89. The van der Waals surface area contributed by atoms with Gasteiger partial charge in [-0.25, -0.2) is 8.42 Å². The molecule has 0 fully saturated rings. The van der Waals surface area contributed by atoms with Gasteiger partial charge in [0.25, 0.3) is 0 Å². The average molecular weight is 371 g/mol. The van der Waals surface area contributed by atoms with Crippen LogP contribution in [0.4, 0.5) is 8.78 Å². The standard InChI is InChI=1S/C16H15F2NO5S/c17-16(18)24-13-6-8-14(9-7-13)25(22,23)19(11-15(20)21)10-12-4-2-1-3-5-12/h1-9,16H,10-11H2,(H,20,21). The van der Waals surface area contributed by atoms with E-state index in [9.17, 15) is 22.0 Å². The lowest BCUT2D eigenvalue weighted by Gasteiger charge is -2.20. The number of sulfonamides is 1. The van der Waals surface area contributed by atoms with Gasteiger partial charge in [-0.2, -0.15) is 13.1 Å². The third-order valence-electron chi connectivity index (χ3n) is 3.20. The number of nitrogens with zero attached hydrogens (tertiary/aromatic N) is 1. The maximum Gasteiger partial charge on any atom is 0.387 e. The van der Waals surface area contributed by atoms with Crippen LogP contribution < -0.4 is 4.74 Å². The van der Waals surface area contributed by atoms with Crippen molar-refractivity contribution in [2.75, 3.05) is 6.54 Å². The van der Waals surface area contributed by atoms with E-state index < -0.39 is 29.1 Å². The molecule has 0 unspecified atom stereocenters. The van der Waals surface area contributed by atoms with Crippen LogP contribution in [0.3, 0.4) is 0 Å². The monoisotopic (exact) mass is 371 g/mol. The second-order valence-electron chi connectivity index (χ2n) is 5.00. The molecule has 0 amide bonds. The number of alkyl halides is 2. The Labute approximate surface area is 143 Å². The summed E-state index contributed by atoms with van der Waals surface area (Å²) in [6.45, 7) is -3.89. The van der Waals surface area contributed by atoms with Crippen LogP contribution in [0.25, 0.3) is 0 Å². The van der Waals surface area contributed by atoms with Crippen molar-refractivity contribution >= 4 is 16.0 Å². The van der Waals surface area contributed by atoms with Crippen LogP contribution in [0.15, 0.2) is 59.5 Å². The molecule has 0 aromatic heterocycles. The van der Waals surface area contributed by atoms with Gasteiger partial charge in [0.15, 0.2) is 0 Å². The number of benzene rings is 2. The van der Waals surface area contributed by atoms with E-state index in [1.54, 1.807) is 30.3 Å². The Morgan fingerprint density at radius 2 is 1.68 bits per heavy atom. The Hall–Kier alpha value is -2.52. The number of carboxylic acid groups (broad SMARTS) is 1. The molecule has 0 atom stereocenters. The van der Waals surface area contributed by atoms with Crippen LogP contribution in [-0.4, -0.2) is 37.0 Å². The van der Waals surface area contributed by atoms with Crippen LogP contribution in [0.2, 0.25) is 0 Å². The molecule has 0 aliphatic heterocycles. The fraction of sp³-hybridized carbons (Fsp3) is 0.188. The lowest BCUT2D eigenvalue weighted by atomic mass is 10.2. The molecule has 0 aliphatic carbocycles. The van der Waals surface area contributed by atoms with Crippen molar-refractivity contribution in [3.8, 4) is 5.75 Å². The Bertz CT molecular complexity index is 810. The van der Waals surface area contributed by atoms with Crippen LogP contribution in [0, 0.1) is 0 Å². The summed E-state index contributed by atoms with van der Waals surface area (Å²) in [6, 6.07) is 12.9. The molecule has 25 heavy (non-hydrogen) atoms. The quantitative estimate of drug-likeness (QED) is 0.771. The number of hydrogen-bond acceptors (Lipinski definition) is 4. The lowest BCUT2D eigenvalue weighted by Crippen LogP contribution is -2.35. The summed E-state index contributed by atoms with van der Waals surface area (Å²) in [5.41, 5.74) is 0.616. The van der Waals surface area contributed by atoms with Gasteiger partial charge in [-0.3, -0.25) is 4.79 Å². The number of carboxylic acids is 1.